The number of rotatable bonds is 5. The van der Waals surface area contributed by atoms with Crippen LogP contribution >= 0.6 is 0 Å². The Labute approximate surface area is 208 Å². The number of pyridine rings is 1. The minimum atomic E-state index is -0.331. The molecule has 0 amide bonds. The number of furan rings is 1. The molecule has 6 rings (SSSR count). The molecule has 0 bridgehead atoms. The van der Waals surface area contributed by atoms with Gasteiger partial charge in [0.25, 0.3) is 0 Å². The standard InChI is InChI=1S/C29H26N2O5/c1-33-24-14-17(15-25(34-2)29(24)35-3)26-27-18-6-4-10-30-19(18)8-9-20(27)31-21-12-16(13-22(32)28(21)26)23-7-5-11-36-23/h4-11,14-16,26,31H,12-13H2,1-3H3/t16-,26+/m1/s1. The molecule has 0 unspecified atom stereocenters. The molecule has 2 aromatic heterocycles. The van der Waals surface area contributed by atoms with Gasteiger partial charge in [-0.05, 0) is 60.0 Å². The van der Waals surface area contributed by atoms with Crippen LogP contribution in [0, 0.1) is 0 Å². The molecule has 0 spiro atoms. The van der Waals surface area contributed by atoms with Crippen molar-refractivity contribution in [3.05, 3.63) is 89.1 Å². The first-order chi connectivity index (χ1) is 17.6. The summed E-state index contributed by atoms with van der Waals surface area (Å²) in [6.45, 7) is 0. The van der Waals surface area contributed by atoms with Crippen LogP contribution in [0.15, 0.2) is 76.7 Å². The van der Waals surface area contributed by atoms with E-state index in [0.717, 1.165) is 44.7 Å². The Kier molecular flexibility index (Phi) is 5.40. The second-order valence-electron chi connectivity index (χ2n) is 9.05. The number of aromatic nitrogens is 1. The van der Waals surface area contributed by atoms with Crippen LogP contribution in [0.25, 0.3) is 10.9 Å². The molecule has 3 heterocycles. The molecule has 36 heavy (non-hydrogen) atoms. The third kappa shape index (κ3) is 3.42. The van der Waals surface area contributed by atoms with Crippen molar-refractivity contribution in [3.63, 3.8) is 0 Å². The molecule has 0 saturated heterocycles. The maximum Gasteiger partial charge on any atom is 0.203 e. The van der Waals surface area contributed by atoms with Gasteiger partial charge in [0, 0.05) is 46.8 Å². The van der Waals surface area contributed by atoms with Crippen molar-refractivity contribution in [2.75, 3.05) is 26.6 Å². The number of hydrogen-bond acceptors (Lipinski definition) is 7. The summed E-state index contributed by atoms with van der Waals surface area (Å²) in [5, 5.41) is 4.59. The van der Waals surface area contributed by atoms with Crippen molar-refractivity contribution in [3.8, 4) is 17.2 Å². The normalized spacial score (nSPS) is 18.9. The van der Waals surface area contributed by atoms with Gasteiger partial charge in [0.1, 0.15) is 5.76 Å². The molecule has 2 atom stereocenters. The number of nitrogens with zero attached hydrogens (tertiary/aromatic N) is 1. The van der Waals surface area contributed by atoms with Crippen LogP contribution in [0.3, 0.4) is 0 Å². The Morgan fingerprint density at radius 2 is 1.78 bits per heavy atom. The highest BCUT2D eigenvalue weighted by molar-refractivity contribution is 6.04. The molecular formula is C29H26N2O5. The van der Waals surface area contributed by atoms with Crippen molar-refractivity contribution in [1.82, 2.24) is 4.98 Å². The van der Waals surface area contributed by atoms with Crippen molar-refractivity contribution < 1.29 is 23.4 Å². The van der Waals surface area contributed by atoms with E-state index in [9.17, 15) is 4.79 Å². The van der Waals surface area contributed by atoms with Crippen LogP contribution in [-0.2, 0) is 4.79 Å². The largest absolute Gasteiger partial charge is 0.493 e. The third-order valence-electron chi connectivity index (χ3n) is 7.16. The summed E-state index contributed by atoms with van der Waals surface area (Å²) in [6, 6.07) is 15.7. The Bertz CT molecular complexity index is 1480. The predicted molar refractivity (Wildman–Crippen MR) is 136 cm³/mol. The van der Waals surface area contributed by atoms with Gasteiger partial charge < -0.3 is 23.9 Å². The number of nitrogens with one attached hydrogen (secondary N) is 1. The molecule has 7 heteroatoms. The lowest BCUT2D eigenvalue weighted by Crippen LogP contribution is -2.30. The maximum atomic E-state index is 13.9. The quantitative estimate of drug-likeness (QED) is 0.384. The van der Waals surface area contributed by atoms with E-state index in [1.807, 2.05) is 42.5 Å². The van der Waals surface area contributed by atoms with E-state index >= 15 is 0 Å². The van der Waals surface area contributed by atoms with E-state index in [1.165, 1.54) is 0 Å². The molecule has 7 nitrogen and oxygen atoms in total. The smallest absolute Gasteiger partial charge is 0.203 e. The molecule has 1 aliphatic heterocycles. The first-order valence-electron chi connectivity index (χ1n) is 11.9. The van der Waals surface area contributed by atoms with E-state index in [2.05, 4.69) is 16.4 Å². The molecule has 0 radical (unpaired) electrons. The highest BCUT2D eigenvalue weighted by Crippen LogP contribution is 2.52. The zero-order valence-corrected chi connectivity index (χ0v) is 20.3. The topological polar surface area (TPSA) is 82.8 Å². The first kappa shape index (κ1) is 22.2. The van der Waals surface area contributed by atoms with Crippen LogP contribution in [0.4, 0.5) is 5.69 Å². The van der Waals surface area contributed by atoms with Gasteiger partial charge in [-0.1, -0.05) is 6.07 Å². The van der Waals surface area contributed by atoms with Crippen LogP contribution < -0.4 is 19.5 Å². The summed E-state index contributed by atoms with van der Waals surface area (Å²) in [4.78, 5) is 18.4. The van der Waals surface area contributed by atoms with Gasteiger partial charge in [0.05, 0.1) is 33.1 Å². The summed E-state index contributed by atoms with van der Waals surface area (Å²) >= 11 is 0. The number of carbonyl (C=O) groups is 1. The number of hydrogen-bond donors (Lipinski definition) is 1. The SMILES string of the molecule is COc1cc([C@@H]2C3=C(C[C@@H](c4ccco4)CC3=O)Nc3ccc4ncccc4c32)cc(OC)c1OC. The number of methoxy groups -OCH3 is 3. The van der Waals surface area contributed by atoms with Crippen LogP contribution in [0.1, 0.15) is 41.6 Å². The average molecular weight is 483 g/mol. The predicted octanol–water partition coefficient (Wildman–Crippen LogP) is 5.81. The molecule has 1 N–H and O–H groups in total. The Morgan fingerprint density at radius 3 is 2.47 bits per heavy atom. The Hall–Kier alpha value is -4.26. The second kappa shape index (κ2) is 8.75. The number of ketones is 1. The van der Waals surface area contributed by atoms with Crippen molar-refractivity contribution in [2.45, 2.75) is 24.7 Å². The van der Waals surface area contributed by atoms with Gasteiger partial charge in [-0.3, -0.25) is 9.78 Å². The summed E-state index contributed by atoms with van der Waals surface area (Å²) in [5.74, 6) is 2.18. The molecule has 2 aliphatic rings. The highest BCUT2D eigenvalue weighted by atomic mass is 16.5. The number of fused-ring (bicyclic) bond motifs is 3. The zero-order chi connectivity index (χ0) is 24.8. The van der Waals surface area contributed by atoms with Gasteiger partial charge in [0.2, 0.25) is 5.75 Å². The number of ether oxygens (including phenoxy) is 3. The molecule has 0 fully saturated rings. The lowest BCUT2D eigenvalue weighted by molar-refractivity contribution is -0.116. The van der Waals surface area contributed by atoms with Crippen LogP contribution in [-0.4, -0.2) is 32.1 Å². The Balaban J connectivity index is 1.60. The molecule has 1 aliphatic carbocycles. The molecule has 0 saturated carbocycles. The van der Waals surface area contributed by atoms with Crippen LogP contribution in [0.5, 0.6) is 17.2 Å². The van der Waals surface area contributed by atoms with E-state index in [-0.39, 0.29) is 17.6 Å². The first-order valence-corrected chi connectivity index (χ1v) is 11.9. The lowest BCUT2D eigenvalue weighted by atomic mass is 9.72. The number of allylic oxidation sites excluding steroid dienone is 2. The minimum absolute atomic E-state index is 0.0111. The molecule has 4 aromatic rings. The van der Waals surface area contributed by atoms with Crippen LogP contribution in [0.2, 0.25) is 0 Å². The highest BCUT2D eigenvalue weighted by Gasteiger charge is 2.40. The van der Waals surface area contributed by atoms with Crippen molar-refractivity contribution in [2.24, 2.45) is 0 Å². The fourth-order valence-corrected chi connectivity index (χ4v) is 5.61. The van der Waals surface area contributed by atoms with Gasteiger partial charge >= 0.3 is 0 Å². The fourth-order valence-electron chi connectivity index (χ4n) is 5.61. The van der Waals surface area contributed by atoms with E-state index in [1.54, 1.807) is 33.8 Å². The minimum Gasteiger partial charge on any atom is -0.493 e. The van der Waals surface area contributed by atoms with E-state index in [0.29, 0.717) is 30.1 Å². The number of Topliss-reactive ketones (excluding diaryl/α,β-unsaturated/α-hetero) is 1. The summed E-state index contributed by atoms with van der Waals surface area (Å²) < 4.78 is 22.6. The van der Waals surface area contributed by atoms with Gasteiger partial charge in [-0.25, -0.2) is 0 Å². The van der Waals surface area contributed by atoms with Crippen molar-refractivity contribution >= 4 is 22.4 Å². The van der Waals surface area contributed by atoms with E-state index < -0.39 is 0 Å². The number of benzene rings is 2. The number of carbonyl (C=O) groups excluding carboxylic acids is 1. The molecular weight excluding hydrogens is 456 g/mol. The maximum absolute atomic E-state index is 13.9. The zero-order valence-electron chi connectivity index (χ0n) is 20.3. The van der Waals surface area contributed by atoms with E-state index in [4.69, 9.17) is 18.6 Å². The molecule has 182 valence electrons. The summed E-state index contributed by atoms with van der Waals surface area (Å²) in [5.41, 5.74) is 5.41. The number of anilines is 1. The average Bonchev–Trinajstić information content (AvgIpc) is 3.46. The second-order valence-corrected chi connectivity index (χ2v) is 9.05. The lowest BCUT2D eigenvalue weighted by Gasteiger charge is -2.37. The third-order valence-corrected chi connectivity index (χ3v) is 7.16. The van der Waals surface area contributed by atoms with Gasteiger partial charge in [-0.2, -0.15) is 0 Å². The summed E-state index contributed by atoms with van der Waals surface area (Å²) in [7, 11) is 4.78. The van der Waals surface area contributed by atoms with Gasteiger partial charge in [-0.15, -0.1) is 0 Å². The Morgan fingerprint density at radius 1 is 0.972 bits per heavy atom. The molecule has 2 aromatic carbocycles. The van der Waals surface area contributed by atoms with Crippen molar-refractivity contribution in [1.29, 1.82) is 0 Å². The monoisotopic (exact) mass is 482 g/mol. The summed E-state index contributed by atoms with van der Waals surface area (Å²) in [6.07, 6.45) is 4.50. The van der Waals surface area contributed by atoms with Gasteiger partial charge in [0.15, 0.2) is 17.3 Å². The fraction of sp³-hybridized carbons (Fsp3) is 0.241.